The van der Waals surface area contributed by atoms with Crippen LogP contribution in [0.1, 0.15) is 6.42 Å². The van der Waals surface area contributed by atoms with E-state index in [1.165, 1.54) is 0 Å². The summed E-state index contributed by atoms with van der Waals surface area (Å²) in [5.41, 5.74) is 7.52. The van der Waals surface area contributed by atoms with Gasteiger partial charge in [-0.1, -0.05) is 28.1 Å². The van der Waals surface area contributed by atoms with Crippen LogP contribution < -0.4 is 11.1 Å². The monoisotopic (exact) mass is 306 g/mol. The summed E-state index contributed by atoms with van der Waals surface area (Å²) in [6, 6.07) is 8.06. The fourth-order valence-corrected chi connectivity index (χ4v) is 1.94. The number of benzene rings is 1. The van der Waals surface area contributed by atoms with Gasteiger partial charge in [0.05, 0.1) is 0 Å². The number of halogens is 1. The van der Waals surface area contributed by atoms with Gasteiger partial charge in [-0.15, -0.1) is 0 Å². The lowest BCUT2D eigenvalue weighted by atomic mass is 10.1. The van der Waals surface area contributed by atoms with E-state index in [4.69, 9.17) is 5.73 Å². The Labute approximate surface area is 115 Å². The van der Waals surface area contributed by atoms with E-state index in [1.807, 2.05) is 36.7 Å². The van der Waals surface area contributed by atoms with E-state index >= 15 is 0 Å². The second-order valence-electron chi connectivity index (χ2n) is 3.87. The summed E-state index contributed by atoms with van der Waals surface area (Å²) in [6.07, 6.45) is 4.55. The maximum atomic E-state index is 5.42. The van der Waals surface area contributed by atoms with E-state index in [0.29, 0.717) is 12.5 Å². The molecule has 0 fully saturated rings. The van der Waals surface area contributed by atoms with E-state index < -0.39 is 0 Å². The molecule has 18 heavy (non-hydrogen) atoms. The number of nitrogens with two attached hydrogens (primary N) is 1. The van der Waals surface area contributed by atoms with Gasteiger partial charge in [0.2, 0.25) is 5.95 Å². The molecule has 0 aliphatic carbocycles. The predicted octanol–water partition coefficient (Wildman–Crippen LogP) is 2.67. The number of anilines is 1. The maximum absolute atomic E-state index is 5.42. The van der Waals surface area contributed by atoms with Crippen molar-refractivity contribution in [3.63, 3.8) is 0 Å². The topological polar surface area (TPSA) is 63.8 Å². The van der Waals surface area contributed by atoms with Gasteiger partial charge in [-0.25, -0.2) is 9.97 Å². The first-order valence-corrected chi connectivity index (χ1v) is 6.61. The van der Waals surface area contributed by atoms with Crippen LogP contribution >= 0.6 is 15.9 Å². The molecular formula is C13H15BrN4. The number of nitrogens with zero attached hydrogens (tertiary/aromatic N) is 2. The van der Waals surface area contributed by atoms with Crippen molar-refractivity contribution in [2.75, 3.05) is 18.4 Å². The van der Waals surface area contributed by atoms with Crippen LogP contribution in [0.3, 0.4) is 0 Å². The summed E-state index contributed by atoms with van der Waals surface area (Å²) in [5.74, 6) is 0.641. The number of hydrogen-bond acceptors (Lipinski definition) is 4. The summed E-state index contributed by atoms with van der Waals surface area (Å²) in [4.78, 5) is 8.56. The van der Waals surface area contributed by atoms with Gasteiger partial charge in [0.15, 0.2) is 0 Å². The van der Waals surface area contributed by atoms with Gasteiger partial charge in [-0.05, 0) is 30.7 Å². The molecule has 0 amide bonds. The van der Waals surface area contributed by atoms with Crippen LogP contribution in [-0.2, 0) is 0 Å². The molecule has 0 unspecified atom stereocenters. The third kappa shape index (κ3) is 3.51. The molecule has 0 atom stereocenters. The Morgan fingerprint density at radius 1 is 1.17 bits per heavy atom. The minimum absolute atomic E-state index is 0.641. The van der Waals surface area contributed by atoms with Crippen LogP contribution in [0.4, 0.5) is 5.95 Å². The molecule has 1 aromatic carbocycles. The molecule has 2 aromatic rings. The summed E-state index contributed by atoms with van der Waals surface area (Å²) in [7, 11) is 0. The second kappa shape index (κ2) is 6.47. The lowest BCUT2D eigenvalue weighted by Crippen LogP contribution is -2.10. The Kier molecular flexibility index (Phi) is 4.66. The molecule has 0 aliphatic rings. The summed E-state index contributed by atoms with van der Waals surface area (Å²) in [5, 5.41) is 3.12. The van der Waals surface area contributed by atoms with Crippen molar-refractivity contribution < 1.29 is 0 Å². The fourth-order valence-electron chi connectivity index (χ4n) is 1.54. The minimum Gasteiger partial charge on any atom is -0.354 e. The number of nitrogens with one attached hydrogen (secondary N) is 1. The number of aromatic nitrogens is 2. The van der Waals surface area contributed by atoms with Gasteiger partial charge in [0.25, 0.3) is 0 Å². The molecule has 0 aliphatic heterocycles. The van der Waals surface area contributed by atoms with E-state index in [9.17, 15) is 0 Å². The number of rotatable bonds is 5. The molecular weight excluding hydrogens is 292 g/mol. The average molecular weight is 307 g/mol. The Morgan fingerprint density at radius 3 is 2.61 bits per heavy atom. The first kappa shape index (κ1) is 13.0. The zero-order chi connectivity index (χ0) is 12.8. The first-order valence-electron chi connectivity index (χ1n) is 5.81. The molecule has 2 rings (SSSR count). The highest BCUT2D eigenvalue weighted by Crippen LogP contribution is 2.21. The fraction of sp³-hybridized carbons (Fsp3) is 0.231. The van der Waals surface area contributed by atoms with Crippen LogP contribution in [0, 0.1) is 0 Å². The highest BCUT2D eigenvalue weighted by molar-refractivity contribution is 9.10. The summed E-state index contributed by atoms with van der Waals surface area (Å²) < 4.78 is 1.05. The SMILES string of the molecule is NCCCNc1ncc(-c2cccc(Br)c2)cn1. The molecule has 3 N–H and O–H groups in total. The zero-order valence-corrected chi connectivity index (χ0v) is 11.5. The van der Waals surface area contributed by atoms with Crippen molar-refractivity contribution in [3.05, 3.63) is 41.1 Å². The molecule has 5 heteroatoms. The van der Waals surface area contributed by atoms with Gasteiger partial charge >= 0.3 is 0 Å². The van der Waals surface area contributed by atoms with Gasteiger partial charge in [0, 0.05) is 29.0 Å². The van der Waals surface area contributed by atoms with Crippen LogP contribution in [-0.4, -0.2) is 23.1 Å². The van der Waals surface area contributed by atoms with Crippen LogP contribution in [0.25, 0.3) is 11.1 Å². The molecule has 4 nitrogen and oxygen atoms in total. The standard InChI is InChI=1S/C13H15BrN4/c14-12-4-1-3-10(7-12)11-8-17-13(18-9-11)16-6-2-5-15/h1,3-4,7-9H,2,5-6,15H2,(H,16,17,18). The average Bonchev–Trinajstić information content (AvgIpc) is 2.40. The van der Waals surface area contributed by atoms with Crippen molar-refractivity contribution >= 4 is 21.9 Å². The van der Waals surface area contributed by atoms with Gasteiger partial charge in [0.1, 0.15) is 0 Å². The van der Waals surface area contributed by atoms with Crippen molar-refractivity contribution in [2.24, 2.45) is 5.73 Å². The van der Waals surface area contributed by atoms with E-state index in [0.717, 1.165) is 28.6 Å². The molecule has 1 heterocycles. The lowest BCUT2D eigenvalue weighted by Gasteiger charge is -2.05. The van der Waals surface area contributed by atoms with Crippen molar-refractivity contribution in [1.29, 1.82) is 0 Å². The van der Waals surface area contributed by atoms with Crippen LogP contribution in [0.2, 0.25) is 0 Å². The summed E-state index contributed by atoms with van der Waals surface area (Å²) >= 11 is 3.45. The molecule has 0 saturated carbocycles. The molecule has 0 spiro atoms. The number of hydrogen-bond donors (Lipinski definition) is 2. The molecule has 0 saturated heterocycles. The van der Waals surface area contributed by atoms with Gasteiger partial charge in [-0.3, -0.25) is 0 Å². The first-order chi connectivity index (χ1) is 8.79. The normalized spacial score (nSPS) is 10.3. The maximum Gasteiger partial charge on any atom is 0.222 e. The molecule has 0 bridgehead atoms. The van der Waals surface area contributed by atoms with Crippen molar-refractivity contribution in [2.45, 2.75) is 6.42 Å². The van der Waals surface area contributed by atoms with Crippen molar-refractivity contribution in [1.82, 2.24) is 9.97 Å². The zero-order valence-electron chi connectivity index (χ0n) is 9.94. The Balaban J connectivity index is 2.07. The van der Waals surface area contributed by atoms with E-state index in [-0.39, 0.29) is 0 Å². The van der Waals surface area contributed by atoms with Gasteiger partial charge < -0.3 is 11.1 Å². The van der Waals surface area contributed by atoms with E-state index in [1.54, 1.807) is 0 Å². The third-order valence-electron chi connectivity index (χ3n) is 2.47. The smallest absolute Gasteiger partial charge is 0.222 e. The van der Waals surface area contributed by atoms with E-state index in [2.05, 4.69) is 31.2 Å². The lowest BCUT2D eigenvalue weighted by molar-refractivity contribution is 0.864. The second-order valence-corrected chi connectivity index (χ2v) is 4.79. The quantitative estimate of drug-likeness (QED) is 0.834. The van der Waals surface area contributed by atoms with Crippen molar-refractivity contribution in [3.8, 4) is 11.1 Å². The predicted molar refractivity (Wildman–Crippen MR) is 77.3 cm³/mol. The molecule has 1 aromatic heterocycles. The minimum atomic E-state index is 0.641. The highest BCUT2D eigenvalue weighted by atomic mass is 79.9. The largest absolute Gasteiger partial charge is 0.354 e. The van der Waals surface area contributed by atoms with Crippen LogP contribution in [0.5, 0.6) is 0 Å². The molecule has 0 radical (unpaired) electrons. The summed E-state index contributed by atoms with van der Waals surface area (Å²) in [6.45, 7) is 1.47. The van der Waals surface area contributed by atoms with Crippen LogP contribution in [0.15, 0.2) is 41.1 Å². The molecule has 94 valence electrons. The highest BCUT2D eigenvalue weighted by Gasteiger charge is 2.00. The Bertz CT molecular complexity index is 499. The third-order valence-corrected chi connectivity index (χ3v) is 2.97. The Morgan fingerprint density at radius 2 is 1.94 bits per heavy atom. The Hall–Kier alpha value is -1.46. The van der Waals surface area contributed by atoms with Gasteiger partial charge in [-0.2, -0.15) is 0 Å².